The number of carbonyl (C=O) groups is 1. The van der Waals surface area contributed by atoms with Gasteiger partial charge in [-0.3, -0.25) is 9.59 Å². The number of carboxylic acid groups (broad SMARTS) is 1. The molecule has 4 nitrogen and oxygen atoms in total. The van der Waals surface area contributed by atoms with Crippen molar-refractivity contribution in [3.63, 3.8) is 0 Å². The van der Waals surface area contributed by atoms with Gasteiger partial charge in [0, 0.05) is 27.4 Å². The van der Waals surface area contributed by atoms with Crippen molar-refractivity contribution in [3.8, 4) is 11.1 Å². The minimum Gasteiger partial charge on any atom is -0.481 e. The first-order chi connectivity index (χ1) is 8.97. The molecule has 1 heterocycles. The molecule has 2 aromatic rings. The minimum atomic E-state index is -0.977. The molecule has 0 radical (unpaired) electrons. The third kappa shape index (κ3) is 3.16. The summed E-state index contributed by atoms with van der Waals surface area (Å²) in [4.78, 5) is 25.0. The van der Waals surface area contributed by atoms with Gasteiger partial charge in [0.05, 0.1) is 6.42 Å². The van der Waals surface area contributed by atoms with E-state index in [4.69, 9.17) is 28.3 Å². The highest BCUT2D eigenvalue weighted by molar-refractivity contribution is 6.35. The molecular weight excluding hydrogens is 289 g/mol. The fourth-order valence-electron chi connectivity index (χ4n) is 1.71. The smallest absolute Gasteiger partial charge is 0.307 e. The number of hydrogen-bond acceptors (Lipinski definition) is 2. The van der Waals surface area contributed by atoms with Crippen molar-refractivity contribution in [2.24, 2.45) is 0 Å². The molecule has 0 aliphatic carbocycles. The van der Waals surface area contributed by atoms with Crippen LogP contribution < -0.4 is 5.56 Å². The second kappa shape index (κ2) is 5.47. The number of aliphatic carboxylic acids is 1. The molecule has 1 aromatic carbocycles. The lowest BCUT2D eigenvalue weighted by atomic mass is 10.0. The Kier molecular flexibility index (Phi) is 3.93. The Hall–Kier alpha value is -1.78. The number of nitrogens with one attached hydrogen (secondary N) is 1. The Morgan fingerprint density at radius 2 is 1.95 bits per heavy atom. The van der Waals surface area contributed by atoms with E-state index < -0.39 is 5.97 Å². The third-order valence-corrected chi connectivity index (χ3v) is 3.10. The van der Waals surface area contributed by atoms with Gasteiger partial charge in [-0.1, -0.05) is 23.2 Å². The van der Waals surface area contributed by atoms with E-state index in [1.165, 1.54) is 12.3 Å². The lowest BCUT2D eigenvalue weighted by Crippen LogP contribution is -2.11. The van der Waals surface area contributed by atoms with Crippen LogP contribution in [0.25, 0.3) is 11.1 Å². The van der Waals surface area contributed by atoms with Gasteiger partial charge in [-0.15, -0.1) is 0 Å². The molecule has 0 unspecified atom stereocenters. The number of rotatable bonds is 3. The van der Waals surface area contributed by atoms with Crippen LogP contribution in [0.2, 0.25) is 10.0 Å². The van der Waals surface area contributed by atoms with E-state index in [0.717, 1.165) is 0 Å². The van der Waals surface area contributed by atoms with E-state index in [2.05, 4.69) is 4.98 Å². The molecule has 0 saturated heterocycles. The summed E-state index contributed by atoms with van der Waals surface area (Å²) in [6.07, 6.45) is 1.19. The third-order valence-electron chi connectivity index (χ3n) is 2.54. The Morgan fingerprint density at radius 3 is 2.63 bits per heavy atom. The summed E-state index contributed by atoms with van der Waals surface area (Å²) in [7, 11) is 0. The zero-order valence-corrected chi connectivity index (χ0v) is 11.1. The van der Waals surface area contributed by atoms with E-state index in [1.807, 2.05) is 0 Å². The zero-order chi connectivity index (χ0) is 14.0. The summed E-state index contributed by atoms with van der Waals surface area (Å²) in [5, 5.41) is 9.58. The standard InChI is InChI=1S/C13H9Cl2NO3/c14-8-1-2-11(15)9(5-8)10-3-7(4-12(17)18)6-16-13(10)19/h1-3,5-6H,4H2,(H,16,19)(H,17,18). The number of hydrogen-bond donors (Lipinski definition) is 2. The summed E-state index contributed by atoms with van der Waals surface area (Å²) in [6.45, 7) is 0. The molecule has 19 heavy (non-hydrogen) atoms. The van der Waals surface area contributed by atoms with Crippen molar-refractivity contribution in [2.45, 2.75) is 6.42 Å². The molecule has 6 heteroatoms. The SMILES string of the molecule is O=C(O)Cc1c[nH]c(=O)c(-c2cc(Cl)ccc2Cl)c1. The highest BCUT2D eigenvalue weighted by Gasteiger charge is 2.11. The highest BCUT2D eigenvalue weighted by atomic mass is 35.5. The van der Waals surface area contributed by atoms with E-state index in [9.17, 15) is 9.59 Å². The van der Waals surface area contributed by atoms with Crippen molar-refractivity contribution in [1.82, 2.24) is 4.98 Å². The van der Waals surface area contributed by atoms with Crippen molar-refractivity contribution < 1.29 is 9.90 Å². The Balaban J connectivity index is 2.57. The molecule has 2 rings (SSSR count). The first-order valence-electron chi connectivity index (χ1n) is 5.36. The van der Waals surface area contributed by atoms with Gasteiger partial charge >= 0.3 is 5.97 Å². The van der Waals surface area contributed by atoms with E-state index in [1.54, 1.807) is 18.2 Å². The van der Waals surface area contributed by atoms with Gasteiger partial charge in [-0.05, 0) is 29.8 Å². The number of aromatic nitrogens is 1. The van der Waals surface area contributed by atoms with Crippen molar-refractivity contribution in [1.29, 1.82) is 0 Å². The number of carboxylic acids is 1. The first-order valence-corrected chi connectivity index (χ1v) is 6.12. The second-order valence-electron chi connectivity index (χ2n) is 3.95. The maximum Gasteiger partial charge on any atom is 0.307 e. The molecular formula is C13H9Cl2NO3. The van der Waals surface area contributed by atoms with Gasteiger partial charge in [-0.2, -0.15) is 0 Å². The number of halogens is 2. The van der Waals surface area contributed by atoms with Crippen molar-refractivity contribution in [3.05, 3.63) is 56.4 Å². The van der Waals surface area contributed by atoms with Crippen LogP contribution in [-0.2, 0) is 11.2 Å². The zero-order valence-electron chi connectivity index (χ0n) is 9.61. The average Bonchev–Trinajstić information content (AvgIpc) is 2.34. The van der Waals surface area contributed by atoms with Crippen LogP contribution in [0.4, 0.5) is 0 Å². The normalized spacial score (nSPS) is 10.4. The Morgan fingerprint density at radius 1 is 1.21 bits per heavy atom. The van der Waals surface area contributed by atoms with Crippen LogP contribution >= 0.6 is 23.2 Å². The maximum absolute atomic E-state index is 11.8. The number of pyridine rings is 1. The van der Waals surface area contributed by atoms with Gasteiger partial charge in [-0.25, -0.2) is 0 Å². The molecule has 0 atom stereocenters. The van der Waals surface area contributed by atoms with Crippen LogP contribution in [0.3, 0.4) is 0 Å². The van der Waals surface area contributed by atoms with Gasteiger partial charge in [0.1, 0.15) is 0 Å². The molecule has 2 N–H and O–H groups in total. The number of aromatic amines is 1. The molecule has 0 bridgehead atoms. The molecule has 0 aliphatic rings. The van der Waals surface area contributed by atoms with Crippen molar-refractivity contribution >= 4 is 29.2 Å². The van der Waals surface area contributed by atoms with E-state index >= 15 is 0 Å². The summed E-state index contributed by atoms with van der Waals surface area (Å²) in [5.74, 6) is -0.977. The van der Waals surface area contributed by atoms with Crippen LogP contribution in [0.5, 0.6) is 0 Å². The van der Waals surface area contributed by atoms with Gasteiger partial charge in [0.15, 0.2) is 0 Å². The first kappa shape index (κ1) is 13.6. The summed E-state index contributed by atoms with van der Waals surface area (Å²) in [6, 6.07) is 6.27. The molecule has 0 amide bonds. The largest absolute Gasteiger partial charge is 0.481 e. The van der Waals surface area contributed by atoms with Gasteiger partial charge in [0.2, 0.25) is 0 Å². The number of benzene rings is 1. The Labute approximate surface area is 118 Å². The van der Waals surface area contributed by atoms with Crippen LogP contribution in [-0.4, -0.2) is 16.1 Å². The van der Waals surface area contributed by atoms with Gasteiger partial charge < -0.3 is 10.1 Å². The second-order valence-corrected chi connectivity index (χ2v) is 4.79. The molecule has 98 valence electrons. The maximum atomic E-state index is 11.8. The lowest BCUT2D eigenvalue weighted by molar-refractivity contribution is -0.136. The fourth-order valence-corrected chi connectivity index (χ4v) is 2.10. The minimum absolute atomic E-state index is 0.179. The molecule has 0 fully saturated rings. The van der Waals surface area contributed by atoms with Crippen molar-refractivity contribution in [2.75, 3.05) is 0 Å². The Bertz CT molecular complexity index is 695. The summed E-state index contributed by atoms with van der Waals surface area (Å²) in [5.41, 5.74) is 0.908. The number of H-pyrrole nitrogens is 1. The average molecular weight is 298 g/mol. The van der Waals surface area contributed by atoms with Crippen LogP contribution in [0.1, 0.15) is 5.56 Å². The topological polar surface area (TPSA) is 70.2 Å². The molecule has 0 aliphatic heterocycles. The van der Waals surface area contributed by atoms with Crippen LogP contribution in [0.15, 0.2) is 35.3 Å². The quantitative estimate of drug-likeness (QED) is 0.915. The van der Waals surface area contributed by atoms with Crippen LogP contribution in [0, 0.1) is 0 Å². The van der Waals surface area contributed by atoms with E-state index in [-0.39, 0.29) is 12.0 Å². The monoisotopic (exact) mass is 297 g/mol. The highest BCUT2D eigenvalue weighted by Crippen LogP contribution is 2.28. The van der Waals surface area contributed by atoms with E-state index in [0.29, 0.717) is 26.7 Å². The summed E-state index contributed by atoms with van der Waals surface area (Å²) >= 11 is 11.9. The molecule has 0 saturated carbocycles. The summed E-state index contributed by atoms with van der Waals surface area (Å²) < 4.78 is 0. The predicted octanol–water partition coefficient (Wildman–Crippen LogP) is 2.98. The molecule has 1 aromatic heterocycles. The lowest BCUT2D eigenvalue weighted by Gasteiger charge is -2.06. The predicted molar refractivity (Wildman–Crippen MR) is 73.9 cm³/mol. The van der Waals surface area contributed by atoms with Gasteiger partial charge in [0.25, 0.3) is 5.56 Å². The molecule has 0 spiro atoms. The fraction of sp³-hybridized carbons (Fsp3) is 0.0769.